The topological polar surface area (TPSA) is 26.3 Å². The summed E-state index contributed by atoms with van der Waals surface area (Å²) < 4.78 is 5.26. The Labute approximate surface area is 125 Å². The minimum absolute atomic E-state index is 0.104. The van der Waals surface area contributed by atoms with Gasteiger partial charge in [0.25, 0.3) is 0 Å². The number of ketones is 1. The number of rotatable bonds is 3. The van der Waals surface area contributed by atoms with Crippen molar-refractivity contribution >= 4 is 5.78 Å². The minimum Gasteiger partial charge on any atom is -0.496 e. The van der Waals surface area contributed by atoms with E-state index in [0.717, 1.165) is 36.1 Å². The Hall–Kier alpha value is -2.09. The molecule has 2 heteroatoms. The quantitative estimate of drug-likeness (QED) is 0.795. The molecule has 0 bridgehead atoms. The highest BCUT2D eigenvalue weighted by Crippen LogP contribution is 2.29. The molecule has 1 aliphatic rings. The van der Waals surface area contributed by atoms with Gasteiger partial charge in [-0.2, -0.15) is 0 Å². The van der Waals surface area contributed by atoms with E-state index in [4.69, 9.17) is 4.74 Å². The molecule has 0 amide bonds. The maximum Gasteiger partial charge on any atom is 0.166 e. The van der Waals surface area contributed by atoms with E-state index in [1.165, 1.54) is 11.1 Å². The summed E-state index contributed by atoms with van der Waals surface area (Å²) in [5.41, 5.74) is 4.54. The maximum absolute atomic E-state index is 12.7. The first kappa shape index (κ1) is 13.9. The van der Waals surface area contributed by atoms with Gasteiger partial charge in [-0.05, 0) is 61.1 Å². The fraction of sp³-hybridized carbons (Fsp3) is 0.316. The van der Waals surface area contributed by atoms with Gasteiger partial charge >= 0.3 is 0 Å². The van der Waals surface area contributed by atoms with Gasteiger partial charge in [-0.3, -0.25) is 4.79 Å². The zero-order chi connectivity index (χ0) is 14.8. The largest absolute Gasteiger partial charge is 0.496 e. The van der Waals surface area contributed by atoms with Crippen LogP contribution in [0.1, 0.15) is 33.5 Å². The highest BCUT2D eigenvalue weighted by atomic mass is 16.5. The molecule has 21 heavy (non-hydrogen) atoms. The highest BCUT2D eigenvalue weighted by Gasteiger charge is 2.25. The van der Waals surface area contributed by atoms with Crippen molar-refractivity contribution in [2.75, 3.05) is 7.11 Å². The van der Waals surface area contributed by atoms with Crippen LogP contribution in [0.2, 0.25) is 0 Å². The number of fused-ring (bicyclic) bond motifs is 1. The van der Waals surface area contributed by atoms with Crippen molar-refractivity contribution in [2.24, 2.45) is 5.92 Å². The Morgan fingerprint density at radius 3 is 2.62 bits per heavy atom. The lowest BCUT2D eigenvalue weighted by molar-refractivity contribution is 0.0908. The Kier molecular flexibility index (Phi) is 3.78. The molecule has 2 nitrogen and oxygen atoms in total. The summed E-state index contributed by atoms with van der Waals surface area (Å²) in [6, 6.07) is 14.2. The van der Waals surface area contributed by atoms with Crippen LogP contribution in [-0.4, -0.2) is 12.9 Å². The van der Waals surface area contributed by atoms with Crippen molar-refractivity contribution in [3.05, 3.63) is 64.7 Å². The molecule has 0 heterocycles. The smallest absolute Gasteiger partial charge is 0.166 e. The first-order chi connectivity index (χ1) is 10.2. The lowest BCUT2D eigenvalue weighted by Gasteiger charge is -2.23. The molecule has 0 spiro atoms. The van der Waals surface area contributed by atoms with Crippen molar-refractivity contribution in [2.45, 2.75) is 26.2 Å². The molecule has 2 aromatic rings. The summed E-state index contributed by atoms with van der Waals surface area (Å²) in [5.74, 6) is 1.20. The molecular formula is C19H20O2. The Morgan fingerprint density at radius 1 is 1.14 bits per heavy atom. The molecule has 2 aromatic carbocycles. The molecule has 0 fully saturated rings. The van der Waals surface area contributed by atoms with Crippen LogP contribution in [0.4, 0.5) is 0 Å². The molecule has 0 saturated carbocycles. The normalized spacial score (nSPS) is 17.1. The van der Waals surface area contributed by atoms with Crippen molar-refractivity contribution < 1.29 is 9.53 Å². The third kappa shape index (κ3) is 2.71. The Morgan fingerprint density at radius 2 is 1.90 bits per heavy atom. The van der Waals surface area contributed by atoms with Crippen LogP contribution in [0.15, 0.2) is 42.5 Å². The van der Waals surface area contributed by atoms with Gasteiger partial charge in [-0.25, -0.2) is 0 Å². The molecule has 1 atom stereocenters. The van der Waals surface area contributed by atoms with Crippen molar-refractivity contribution in [3.63, 3.8) is 0 Å². The minimum atomic E-state index is 0.104. The molecule has 0 aliphatic heterocycles. The second-order valence-electron chi connectivity index (χ2n) is 5.76. The average molecular weight is 280 g/mol. The van der Waals surface area contributed by atoms with E-state index in [1.54, 1.807) is 7.11 Å². The van der Waals surface area contributed by atoms with E-state index >= 15 is 0 Å². The van der Waals surface area contributed by atoms with E-state index in [1.807, 2.05) is 25.1 Å². The molecule has 0 saturated heterocycles. The van der Waals surface area contributed by atoms with Gasteiger partial charge in [0, 0.05) is 11.5 Å². The van der Waals surface area contributed by atoms with Crippen LogP contribution >= 0.6 is 0 Å². The molecule has 3 rings (SSSR count). The fourth-order valence-electron chi connectivity index (χ4n) is 3.19. The van der Waals surface area contributed by atoms with Gasteiger partial charge in [0.1, 0.15) is 5.75 Å². The standard InChI is InChI=1S/C19H20O2/c1-13-11-16(9-10-18(13)21-2)19(20)17-8-7-14-5-3-4-6-15(14)12-17/h3-6,9-11,17H,7-8,12H2,1-2H3. The number of ether oxygens (including phenoxy) is 1. The maximum atomic E-state index is 12.7. The first-order valence-corrected chi connectivity index (χ1v) is 7.44. The fourth-order valence-corrected chi connectivity index (χ4v) is 3.19. The van der Waals surface area contributed by atoms with Gasteiger partial charge in [-0.15, -0.1) is 0 Å². The molecule has 0 radical (unpaired) electrons. The zero-order valence-electron chi connectivity index (χ0n) is 12.6. The van der Waals surface area contributed by atoms with Gasteiger partial charge < -0.3 is 4.74 Å². The SMILES string of the molecule is COc1ccc(C(=O)C2CCc3ccccc3C2)cc1C. The number of methoxy groups -OCH3 is 1. The number of hydrogen-bond acceptors (Lipinski definition) is 2. The molecule has 1 unspecified atom stereocenters. The predicted octanol–water partition coefficient (Wildman–Crippen LogP) is 3.99. The van der Waals surface area contributed by atoms with Gasteiger partial charge in [-0.1, -0.05) is 24.3 Å². The number of aryl methyl sites for hydroxylation is 2. The molecule has 0 aromatic heterocycles. The van der Waals surface area contributed by atoms with Crippen LogP contribution in [-0.2, 0) is 12.8 Å². The second-order valence-corrected chi connectivity index (χ2v) is 5.76. The summed E-state index contributed by atoms with van der Waals surface area (Å²) in [6.45, 7) is 1.98. The van der Waals surface area contributed by atoms with Crippen molar-refractivity contribution in [1.82, 2.24) is 0 Å². The molecule has 108 valence electrons. The highest BCUT2D eigenvalue weighted by molar-refractivity contribution is 5.98. The zero-order valence-corrected chi connectivity index (χ0v) is 12.6. The second kappa shape index (κ2) is 5.72. The number of hydrogen-bond donors (Lipinski definition) is 0. The average Bonchev–Trinajstić information content (AvgIpc) is 2.53. The Balaban J connectivity index is 1.82. The number of carbonyl (C=O) groups excluding carboxylic acids is 1. The third-order valence-corrected chi connectivity index (χ3v) is 4.40. The Bertz CT molecular complexity index is 673. The summed E-state index contributed by atoms with van der Waals surface area (Å²) >= 11 is 0. The van der Waals surface area contributed by atoms with Crippen LogP contribution in [0.3, 0.4) is 0 Å². The van der Waals surface area contributed by atoms with E-state index < -0.39 is 0 Å². The number of benzene rings is 2. The summed E-state index contributed by atoms with van der Waals surface area (Å²) in [4.78, 5) is 12.7. The predicted molar refractivity (Wildman–Crippen MR) is 84.0 cm³/mol. The van der Waals surface area contributed by atoms with Crippen LogP contribution in [0, 0.1) is 12.8 Å². The van der Waals surface area contributed by atoms with E-state index in [2.05, 4.69) is 24.3 Å². The monoisotopic (exact) mass is 280 g/mol. The van der Waals surface area contributed by atoms with Crippen molar-refractivity contribution in [1.29, 1.82) is 0 Å². The van der Waals surface area contributed by atoms with E-state index in [-0.39, 0.29) is 11.7 Å². The molecular weight excluding hydrogens is 260 g/mol. The summed E-state index contributed by atoms with van der Waals surface area (Å²) in [6.07, 6.45) is 2.81. The van der Waals surface area contributed by atoms with Gasteiger partial charge in [0.05, 0.1) is 7.11 Å². The van der Waals surface area contributed by atoms with E-state index in [0.29, 0.717) is 0 Å². The molecule has 0 N–H and O–H groups in total. The summed E-state index contributed by atoms with van der Waals surface area (Å²) in [5, 5.41) is 0. The van der Waals surface area contributed by atoms with Gasteiger partial charge in [0.15, 0.2) is 5.78 Å². The lowest BCUT2D eigenvalue weighted by atomic mass is 9.80. The van der Waals surface area contributed by atoms with E-state index in [9.17, 15) is 4.79 Å². The van der Waals surface area contributed by atoms with Crippen LogP contribution in [0.25, 0.3) is 0 Å². The number of carbonyl (C=O) groups is 1. The first-order valence-electron chi connectivity index (χ1n) is 7.44. The lowest BCUT2D eigenvalue weighted by Crippen LogP contribution is -2.22. The van der Waals surface area contributed by atoms with Crippen LogP contribution < -0.4 is 4.74 Å². The molecule has 1 aliphatic carbocycles. The van der Waals surface area contributed by atoms with Crippen LogP contribution in [0.5, 0.6) is 5.75 Å². The third-order valence-electron chi connectivity index (χ3n) is 4.40. The summed E-state index contributed by atoms with van der Waals surface area (Å²) in [7, 11) is 1.65. The van der Waals surface area contributed by atoms with Gasteiger partial charge in [0.2, 0.25) is 0 Å². The number of Topliss-reactive ketones (excluding diaryl/α,β-unsaturated/α-hetero) is 1. The van der Waals surface area contributed by atoms with Crippen molar-refractivity contribution in [3.8, 4) is 5.75 Å².